The first-order valence-corrected chi connectivity index (χ1v) is 9.82. The average molecular weight is 415 g/mol. The van der Waals surface area contributed by atoms with Gasteiger partial charge < -0.3 is 15.0 Å². The number of ether oxygens (including phenoxy) is 1. The van der Waals surface area contributed by atoms with Crippen LogP contribution in [0.25, 0.3) is 0 Å². The number of nitrogens with zero attached hydrogens (tertiary/aromatic N) is 3. The molecule has 0 aromatic heterocycles. The minimum atomic E-state index is -0.168. The Bertz CT molecular complexity index is 654. The quantitative estimate of drug-likeness (QED) is 0.788. The molecule has 0 bridgehead atoms. The number of morpholine rings is 1. The van der Waals surface area contributed by atoms with Crippen LogP contribution in [0.4, 0.5) is 5.69 Å². The van der Waals surface area contributed by atoms with Crippen molar-refractivity contribution in [2.24, 2.45) is 0 Å². The molecule has 2 amide bonds. The third kappa shape index (κ3) is 5.80. The minimum Gasteiger partial charge on any atom is -0.379 e. The highest BCUT2D eigenvalue weighted by Crippen LogP contribution is 2.29. The number of hydrogen-bond acceptors (Lipinski definition) is 5. The second-order valence-electron chi connectivity index (χ2n) is 6.69. The maximum Gasteiger partial charge on any atom is 0.238 e. The molecule has 2 aliphatic heterocycles. The van der Waals surface area contributed by atoms with E-state index in [0.717, 1.165) is 13.1 Å². The van der Waals surface area contributed by atoms with Crippen molar-refractivity contribution in [3.8, 4) is 0 Å². The van der Waals surface area contributed by atoms with Crippen LogP contribution in [-0.4, -0.2) is 92.1 Å². The molecule has 2 fully saturated rings. The molecule has 0 unspecified atom stereocenters. The summed E-state index contributed by atoms with van der Waals surface area (Å²) in [4.78, 5) is 30.7. The number of para-hydroxylation sites is 1. The molecule has 2 aliphatic rings. The molecule has 0 spiro atoms. The lowest BCUT2D eigenvalue weighted by molar-refractivity contribution is -0.135. The van der Waals surface area contributed by atoms with Gasteiger partial charge in [-0.1, -0.05) is 29.3 Å². The molecule has 3 rings (SSSR count). The van der Waals surface area contributed by atoms with E-state index < -0.39 is 0 Å². The van der Waals surface area contributed by atoms with Gasteiger partial charge in [0.1, 0.15) is 0 Å². The molecule has 0 aliphatic carbocycles. The van der Waals surface area contributed by atoms with Crippen LogP contribution in [0, 0.1) is 0 Å². The summed E-state index contributed by atoms with van der Waals surface area (Å²) in [6.45, 7) is 6.25. The van der Waals surface area contributed by atoms with Crippen LogP contribution < -0.4 is 5.32 Å². The summed E-state index contributed by atoms with van der Waals surface area (Å²) in [5, 5.41) is 3.59. The van der Waals surface area contributed by atoms with Gasteiger partial charge in [-0.25, -0.2) is 0 Å². The molecule has 1 aromatic carbocycles. The van der Waals surface area contributed by atoms with Crippen molar-refractivity contribution in [3.05, 3.63) is 28.2 Å². The van der Waals surface area contributed by atoms with Gasteiger partial charge in [0, 0.05) is 39.3 Å². The van der Waals surface area contributed by atoms with E-state index in [1.807, 2.05) is 9.80 Å². The molecule has 0 atom stereocenters. The largest absolute Gasteiger partial charge is 0.379 e. The Morgan fingerprint density at radius 3 is 2.15 bits per heavy atom. The smallest absolute Gasteiger partial charge is 0.238 e. The second-order valence-corrected chi connectivity index (χ2v) is 7.50. The third-order valence-corrected chi connectivity index (χ3v) is 5.41. The molecule has 7 nitrogen and oxygen atoms in total. The van der Waals surface area contributed by atoms with Gasteiger partial charge in [0.2, 0.25) is 11.8 Å². The van der Waals surface area contributed by atoms with E-state index >= 15 is 0 Å². The van der Waals surface area contributed by atoms with Gasteiger partial charge in [-0.05, 0) is 12.1 Å². The van der Waals surface area contributed by atoms with Crippen molar-refractivity contribution in [1.29, 1.82) is 0 Å². The molecule has 0 saturated carbocycles. The maximum absolute atomic E-state index is 12.4. The Labute approximate surface area is 169 Å². The number of carbonyl (C=O) groups is 2. The molecule has 27 heavy (non-hydrogen) atoms. The Morgan fingerprint density at radius 2 is 1.52 bits per heavy atom. The zero-order chi connectivity index (χ0) is 19.2. The summed E-state index contributed by atoms with van der Waals surface area (Å²) in [5.41, 5.74) is 0.435. The van der Waals surface area contributed by atoms with E-state index in [9.17, 15) is 9.59 Å². The van der Waals surface area contributed by atoms with E-state index in [2.05, 4.69) is 10.2 Å². The third-order valence-electron chi connectivity index (χ3n) is 4.78. The molecule has 9 heteroatoms. The van der Waals surface area contributed by atoms with Crippen LogP contribution in [0.2, 0.25) is 10.0 Å². The van der Waals surface area contributed by atoms with Crippen LogP contribution in [0.1, 0.15) is 0 Å². The van der Waals surface area contributed by atoms with Crippen molar-refractivity contribution in [1.82, 2.24) is 14.7 Å². The topological polar surface area (TPSA) is 65.1 Å². The number of anilines is 1. The van der Waals surface area contributed by atoms with Crippen molar-refractivity contribution in [3.63, 3.8) is 0 Å². The van der Waals surface area contributed by atoms with Crippen LogP contribution in [0.5, 0.6) is 0 Å². The van der Waals surface area contributed by atoms with E-state index in [-0.39, 0.29) is 18.4 Å². The first kappa shape index (κ1) is 20.4. The fraction of sp³-hybridized carbons (Fsp3) is 0.556. The van der Waals surface area contributed by atoms with Crippen molar-refractivity contribution < 1.29 is 14.3 Å². The Kier molecular flexibility index (Phi) is 7.32. The van der Waals surface area contributed by atoms with Crippen molar-refractivity contribution >= 4 is 40.7 Å². The van der Waals surface area contributed by atoms with E-state index in [1.165, 1.54) is 0 Å². The van der Waals surface area contributed by atoms with E-state index in [1.54, 1.807) is 18.2 Å². The highest BCUT2D eigenvalue weighted by molar-refractivity contribution is 6.39. The van der Waals surface area contributed by atoms with Crippen LogP contribution in [0.15, 0.2) is 18.2 Å². The summed E-state index contributed by atoms with van der Waals surface area (Å²) in [5.74, 6) is -0.0260. The number of amides is 2. The fourth-order valence-electron chi connectivity index (χ4n) is 3.21. The van der Waals surface area contributed by atoms with Crippen LogP contribution in [0.3, 0.4) is 0 Å². The molecule has 1 N–H and O–H groups in total. The lowest BCUT2D eigenvalue weighted by atomic mass is 10.2. The number of nitrogens with one attached hydrogen (secondary N) is 1. The summed E-state index contributed by atoms with van der Waals surface area (Å²) >= 11 is 12.2. The number of halogens is 2. The zero-order valence-electron chi connectivity index (χ0n) is 15.1. The number of piperazine rings is 1. The second kappa shape index (κ2) is 9.71. The first-order valence-electron chi connectivity index (χ1n) is 9.07. The first-order chi connectivity index (χ1) is 13.0. The van der Waals surface area contributed by atoms with E-state index in [0.29, 0.717) is 61.7 Å². The number of hydrogen-bond donors (Lipinski definition) is 1. The van der Waals surface area contributed by atoms with Gasteiger partial charge in [-0.15, -0.1) is 0 Å². The van der Waals surface area contributed by atoms with Crippen LogP contribution in [-0.2, 0) is 14.3 Å². The average Bonchev–Trinajstić information content (AvgIpc) is 2.66. The highest BCUT2D eigenvalue weighted by atomic mass is 35.5. The Balaban J connectivity index is 1.42. The SMILES string of the molecule is O=C(CN1CCN(C(=O)CN2CCOCC2)CC1)Nc1c(Cl)cccc1Cl. The highest BCUT2D eigenvalue weighted by Gasteiger charge is 2.24. The molecule has 2 saturated heterocycles. The van der Waals surface area contributed by atoms with Crippen molar-refractivity contribution in [2.45, 2.75) is 0 Å². The fourth-order valence-corrected chi connectivity index (χ4v) is 3.70. The zero-order valence-corrected chi connectivity index (χ0v) is 16.6. The maximum atomic E-state index is 12.4. The van der Waals surface area contributed by atoms with Gasteiger partial charge >= 0.3 is 0 Å². The standard InChI is InChI=1S/C18H24Cl2N4O3/c19-14-2-1-3-15(20)18(14)21-16(25)12-22-4-6-24(7-5-22)17(26)13-23-8-10-27-11-9-23/h1-3H,4-13H2,(H,21,25). The minimum absolute atomic E-state index is 0.142. The molecular formula is C18H24Cl2N4O3. The van der Waals surface area contributed by atoms with E-state index in [4.69, 9.17) is 27.9 Å². The normalized spacial score (nSPS) is 19.1. The summed E-state index contributed by atoms with van der Waals surface area (Å²) in [6.07, 6.45) is 0. The molecule has 2 heterocycles. The Morgan fingerprint density at radius 1 is 0.926 bits per heavy atom. The van der Waals surface area contributed by atoms with Gasteiger partial charge in [0.05, 0.1) is 42.0 Å². The lowest BCUT2D eigenvalue weighted by Crippen LogP contribution is -2.53. The summed E-state index contributed by atoms with van der Waals surface area (Å²) in [7, 11) is 0. The van der Waals surface area contributed by atoms with Gasteiger partial charge in [0.15, 0.2) is 0 Å². The molecule has 1 aromatic rings. The number of carbonyl (C=O) groups excluding carboxylic acids is 2. The molecular weight excluding hydrogens is 391 g/mol. The van der Waals surface area contributed by atoms with Gasteiger partial charge in [-0.3, -0.25) is 19.4 Å². The Hall–Kier alpha value is -1.38. The van der Waals surface area contributed by atoms with Gasteiger partial charge in [-0.2, -0.15) is 0 Å². The molecule has 148 valence electrons. The summed E-state index contributed by atoms with van der Waals surface area (Å²) in [6, 6.07) is 5.09. The van der Waals surface area contributed by atoms with Gasteiger partial charge in [0.25, 0.3) is 0 Å². The predicted molar refractivity (Wildman–Crippen MR) is 105 cm³/mol. The lowest BCUT2D eigenvalue weighted by Gasteiger charge is -2.36. The number of rotatable bonds is 5. The summed E-state index contributed by atoms with van der Waals surface area (Å²) < 4.78 is 5.31. The molecule has 0 radical (unpaired) electrons. The van der Waals surface area contributed by atoms with Crippen molar-refractivity contribution in [2.75, 3.05) is 70.9 Å². The number of benzene rings is 1. The van der Waals surface area contributed by atoms with Crippen LogP contribution >= 0.6 is 23.2 Å². The monoisotopic (exact) mass is 414 g/mol. The predicted octanol–water partition coefficient (Wildman–Crippen LogP) is 1.41.